The molecule has 2 heterocycles. The van der Waals surface area contributed by atoms with Crippen molar-refractivity contribution in [1.29, 1.82) is 0 Å². The molecule has 0 spiro atoms. The zero-order valence-electron chi connectivity index (χ0n) is 29.8. The van der Waals surface area contributed by atoms with Crippen molar-refractivity contribution >= 4 is 54.1 Å². The van der Waals surface area contributed by atoms with Gasteiger partial charge in [-0.25, -0.2) is 15.0 Å². The summed E-state index contributed by atoms with van der Waals surface area (Å²) in [6, 6.07) is 68.8. The van der Waals surface area contributed by atoms with Crippen molar-refractivity contribution in [3.05, 3.63) is 194 Å². The fourth-order valence-corrected chi connectivity index (χ4v) is 8.22. The molecular weight excluding hydrogens is 669 g/mol. The molecule has 55 heavy (non-hydrogen) atoms. The first-order valence-corrected chi connectivity index (χ1v) is 18.6. The molecule has 2 aromatic heterocycles. The molecule has 0 bridgehead atoms. The van der Waals surface area contributed by atoms with Crippen molar-refractivity contribution in [2.45, 2.75) is 0 Å². The van der Waals surface area contributed by atoms with Gasteiger partial charge in [-0.15, -0.1) is 0 Å². The van der Waals surface area contributed by atoms with Gasteiger partial charge in [0.2, 0.25) is 0 Å². The Kier molecular flexibility index (Phi) is 7.14. The van der Waals surface area contributed by atoms with E-state index in [1.807, 2.05) is 60.7 Å². The number of benzene rings is 9. The molecule has 9 aromatic carbocycles. The van der Waals surface area contributed by atoms with E-state index in [2.05, 4.69) is 138 Å². The smallest absolute Gasteiger partial charge is 0.164 e. The third-order valence-corrected chi connectivity index (χ3v) is 10.8. The van der Waals surface area contributed by atoms with E-state index in [1.165, 1.54) is 65.3 Å². The van der Waals surface area contributed by atoms with Crippen LogP contribution in [0.25, 0.3) is 105 Å². The fraction of sp³-hybridized carbons (Fsp3) is 0. The van der Waals surface area contributed by atoms with E-state index in [9.17, 15) is 0 Å². The molecule has 0 radical (unpaired) electrons. The van der Waals surface area contributed by atoms with Crippen LogP contribution in [0.5, 0.6) is 0 Å². The molecule has 0 unspecified atom stereocenters. The van der Waals surface area contributed by atoms with Crippen molar-refractivity contribution in [2.75, 3.05) is 0 Å². The maximum atomic E-state index is 5.04. The summed E-state index contributed by atoms with van der Waals surface area (Å²) >= 11 is 0. The highest BCUT2D eigenvalue weighted by Crippen LogP contribution is 2.40. The summed E-state index contributed by atoms with van der Waals surface area (Å²) in [6.45, 7) is 0. The Balaban J connectivity index is 1.10. The number of nitrogens with zero attached hydrogens (tertiary/aromatic N) is 4. The minimum absolute atomic E-state index is 0.649. The first-order chi connectivity index (χ1) is 27.3. The second-order valence-electron chi connectivity index (χ2n) is 14.0. The van der Waals surface area contributed by atoms with Gasteiger partial charge in [-0.1, -0.05) is 158 Å². The fourth-order valence-electron chi connectivity index (χ4n) is 8.22. The van der Waals surface area contributed by atoms with Crippen LogP contribution < -0.4 is 0 Å². The van der Waals surface area contributed by atoms with Gasteiger partial charge in [0.05, 0.1) is 11.0 Å². The SMILES string of the molecule is c1ccc(-c2ccc3c(c2)c2ccccc2n3-c2ccc3c4ccc(-c5nc(-c6ccccc6)nc(-c6ccccc6)n5)cc4c4ccccc4c3c2)cc1. The van der Waals surface area contributed by atoms with E-state index in [1.54, 1.807) is 0 Å². The summed E-state index contributed by atoms with van der Waals surface area (Å²) in [7, 11) is 0. The normalized spacial score (nSPS) is 11.6. The van der Waals surface area contributed by atoms with E-state index in [0.29, 0.717) is 17.5 Å². The molecule has 0 aliphatic heterocycles. The number of hydrogen-bond acceptors (Lipinski definition) is 3. The zero-order chi connectivity index (χ0) is 36.3. The molecule has 0 saturated heterocycles. The average molecular weight is 701 g/mol. The Labute approximate surface area is 317 Å². The highest BCUT2D eigenvalue weighted by molar-refractivity contribution is 6.26. The summed E-state index contributed by atoms with van der Waals surface area (Å²) < 4.78 is 2.41. The molecule has 0 atom stereocenters. The minimum atomic E-state index is 0.649. The number of aromatic nitrogens is 4. The van der Waals surface area contributed by atoms with Gasteiger partial charge in [0, 0.05) is 33.2 Å². The highest BCUT2D eigenvalue weighted by Gasteiger charge is 2.17. The Morgan fingerprint density at radius 3 is 1.33 bits per heavy atom. The van der Waals surface area contributed by atoms with E-state index < -0.39 is 0 Å². The third kappa shape index (κ3) is 5.19. The lowest BCUT2D eigenvalue weighted by atomic mass is 9.93. The van der Waals surface area contributed by atoms with Crippen LogP contribution in [0.4, 0.5) is 0 Å². The van der Waals surface area contributed by atoms with Crippen LogP contribution in [0.3, 0.4) is 0 Å². The monoisotopic (exact) mass is 700 g/mol. The molecule has 0 amide bonds. The molecule has 0 N–H and O–H groups in total. The average Bonchev–Trinajstić information content (AvgIpc) is 3.60. The predicted molar refractivity (Wildman–Crippen MR) is 228 cm³/mol. The Hall–Kier alpha value is -7.43. The number of fused-ring (bicyclic) bond motifs is 9. The van der Waals surface area contributed by atoms with Crippen molar-refractivity contribution in [1.82, 2.24) is 19.5 Å². The lowest BCUT2D eigenvalue weighted by molar-refractivity contribution is 1.07. The van der Waals surface area contributed by atoms with Crippen LogP contribution in [-0.4, -0.2) is 19.5 Å². The lowest BCUT2D eigenvalue weighted by Gasteiger charge is -2.15. The zero-order valence-corrected chi connectivity index (χ0v) is 29.8. The summed E-state index contributed by atoms with van der Waals surface area (Å²) in [6.07, 6.45) is 0. The van der Waals surface area contributed by atoms with Gasteiger partial charge in [0.25, 0.3) is 0 Å². The van der Waals surface area contributed by atoms with E-state index >= 15 is 0 Å². The Morgan fingerprint density at radius 1 is 0.255 bits per heavy atom. The molecule has 0 aliphatic carbocycles. The second-order valence-corrected chi connectivity index (χ2v) is 14.0. The summed E-state index contributed by atoms with van der Waals surface area (Å²) in [5.41, 5.74) is 8.82. The van der Waals surface area contributed by atoms with E-state index in [0.717, 1.165) is 22.4 Å². The maximum absolute atomic E-state index is 5.04. The van der Waals surface area contributed by atoms with Crippen LogP contribution in [0.15, 0.2) is 194 Å². The summed E-state index contributed by atoms with van der Waals surface area (Å²) in [5, 5.41) is 9.69. The number of para-hydroxylation sites is 1. The van der Waals surface area contributed by atoms with Crippen LogP contribution >= 0.6 is 0 Å². The lowest BCUT2D eigenvalue weighted by Crippen LogP contribution is -2.00. The van der Waals surface area contributed by atoms with Gasteiger partial charge in [-0.05, 0) is 79.8 Å². The van der Waals surface area contributed by atoms with Crippen molar-refractivity contribution in [2.24, 2.45) is 0 Å². The summed E-state index contributed by atoms with van der Waals surface area (Å²) in [4.78, 5) is 15.0. The standard InChI is InChI=1S/C51H32N4/c1-4-14-33(15-5-1)36-25-29-48-46(30-36)43-22-12-13-23-47(43)55(48)38-26-28-42-41-27-24-37(31-44(41)39-20-10-11-21-40(39)45(42)32-38)51-53-49(34-16-6-2-7-17-34)52-50(54-51)35-18-8-3-9-19-35/h1-32H. The largest absolute Gasteiger partial charge is 0.309 e. The molecule has 0 saturated carbocycles. The molecular formula is C51H32N4. The van der Waals surface area contributed by atoms with Crippen LogP contribution in [-0.2, 0) is 0 Å². The molecule has 11 rings (SSSR count). The van der Waals surface area contributed by atoms with Gasteiger partial charge in [0.15, 0.2) is 17.5 Å². The topological polar surface area (TPSA) is 43.6 Å². The van der Waals surface area contributed by atoms with Crippen LogP contribution in [0, 0.1) is 0 Å². The minimum Gasteiger partial charge on any atom is -0.309 e. The predicted octanol–water partition coefficient (Wildman–Crippen LogP) is 13.1. The van der Waals surface area contributed by atoms with Gasteiger partial charge < -0.3 is 4.57 Å². The second kappa shape index (κ2) is 12.6. The first kappa shape index (κ1) is 31.1. The molecule has 11 aromatic rings. The molecule has 256 valence electrons. The highest BCUT2D eigenvalue weighted by atomic mass is 15.0. The van der Waals surface area contributed by atoms with Crippen molar-refractivity contribution < 1.29 is 0 Å². The number of hydrogen-bond donors (Lipinski definition) is 0. The Bertz CT molecular complexity index is 3160. The number of rotatable bonds is 5. The molecule has 0 aliphatic rings. The van der Waals surface area contributed by atoms with E-state index in [-0.39, 0.29) is 0 Å². The van der Waals surface area contributed by atoms with Gasteiger partial charge in [-0.2, -0.15) is 0 Å². The van der Waals surface area contributed by atoms with Gasteiger partial charge >= 0.3 is 0 Å². The molecule has 4 nitrogen and oxygen atoms in total. The maximum Gasteiger partial charge on any atom is 0.164 e. The van der Waals surface area contributed by atoms with E-state index in [4.69, 9.17) is 15.0 Å². The third-order valence-electron chi connectivity index (χ3n) is 10.8. The molecule has 4 heteroatoms. The van der Waals surface area contributed by atoms with Gasteiger partial charge in [-0.3, -0.25) is 0 Å². The van der Waals surface area contributed by atoms with Crippen molar-refractivity contribution in [3.8, 4) is 51.0 Å². The van der Waals surface area contributed by atoms with Crippen LogP contribution in [0.1, 0.15) is 0 Å². The molecule has 0 fully saturated rings. The first-order valence-electron chi connectivity index (χ1n) is 18.6. The van der Waals surface area contributed by atoms with Crippen LogP contribution in [0.2, 0.25) is 0 Å². The Morgan fingerprint density at radius 2 is 0.691 bits per heavy atom. The quantitative estimate of drug-likeness (QED) is 0.168. The summed E-state index contributed by atoms with van der Waals surface area (Å²) in [5.74, 6) is 1.96. The van der Waals surface area contributed by atoms with Gasteiger partial charge in [0.1, 0.15) is 0 Å². The van der Waals surface area contributed by atoms with Crippen molar-refractivity contribution in [3.63, 3.8) is 0 Å².